The lowest BCUT2D eigenvalue weighted by Gasteiger charge is -2.17. The van der Waals surface area contributed by atoms with E-state index in [2.05, 4.69) is 10.3 Å². The number of anilines is 1. The van der Waals surface area contributed by atoms with Gasteiger partial charge in [0.2, 0.25) is 0 Å². The van der Waals surface area contributed by atoms with E-state index >= 15 is 0 Å². The summed E-state index contributed by atoms with van der Waals surface area (Å²) in [6.45, 7) is 0.434. The summed E-state index contributed by atoms with van der Waals surface area (Å²) in [6.07, 6.45) is 3.77. The van der Waals surface area contributed by atoms with Crippen molar-refractivity contribution in [1.29, 1.82) is 0 Å². The Morgan fingerprint density at radius 2 is 1.96 bits per heavy atom. The molecule has 1 aliphatic rings. The molecule has 25 heavy (non-hydrogen) atoms. The number of hydrogen-bond donors (Lipinski definition) is 0. The highest BCUT2D eigenvalue weighted by Crippen LogP contribution is 2.35. The minimum absolute atomic E-state index is 0.0642. The van der Waals surface area contributed by atoms with Crippen molar-refractivity contribution in [2.24, 2.45) is 0 Å². The summed E-state index contributed by atoms with van der Waals surface area (Å²) >= 11 is 0. The highest BCUT2D eigenvalue weighted by atomic mass is 16.6. The summed E-state index contributed by atoms with van der Waals surface area (Å²) in [6, 6.07) is 11.8. The molecule has 0 N–H and O–H groups in total. The molecule has 0 bridgehead atoms. The molecule has 0 aliphatic carbocycles. The topological polar surface area (TPSA) is 94.2 Å². The average Bonchev–Trinajstić information content (AvgIpc) is 3.30. The largest absolute Gasteiger partial charge is 0.307 e. The highest BCUT2D eigenvalue weighted by Gasteiger charge is 2.30. The quantitative estimate of drug-likeness (QED) is 0.541. The second-order valence-electron chi connectivity index (χ2n) is 5.63. The van der Waals surface area contributed by atoms with Gasteiger partial charge in [0.15, 0.2) is 0 Å². The zero-order chi connectivity index (χ0) is 17.4. The summed E-state index contributed by atoms with van der Waals surface area (Å²) in [5.41, 5.74) is 2.60. The van der Waals surface area contributed by atoms with E-state index in [-0.39, 0.29) is 11.6 Å². The molecule has 2 heterocycles. The summed E-state index contributed by atoms with van der Waals surface area (Å²) in [4.78, 5) is 25.1. The van der Waals surface area contributed by atoms with Crippen LogP contribution in [-0.2, 0) is 6.42 Å². The first-order valence-corrected chi connectivity index (χ1v) is 7.70. The second kappa shape index (κ2) is 5.82. The number of carbonyl (C=O) groups excluding carboxylic acids is 1. The summed E-state index contributed by atoms with van der Waals surface area (Å²) < 4.78 is 1.60. The lowest BCUT2D eigenvalue weighted by molar-refractivity contribution is -0.385. The van der Waals surface area contributed by atoms with E-state index in [0.717, 1.165) is 5.69 Å². The number of carbonyl (C=O) groups is 1. The standard InChI is InChI=1S/C17H13N5O3/c23-17(12-4-6-13(7-5-12)21-11-9-18-19-21)20-10-8-14-15(20)2-1-3-16(14)22(24)25/h1-7,9,11H,8,10H2. The molecule has 8 nitrogen and oxygen atoms in total. The van der Waals surface area contributed by atoms with E-state index in [1.165, 1.54) is 6.07 Å². The first-order valence-electron chi connectivity index (χ1n) is 7.70. The number of benzene rings is 2. The molecule has 0 saturated carbocycles. The predicted octanol–water partition coefficient (Wildman–Crippen LogP) is 2.38. The third kappa shape index (κ3) is 2.53. The Bertz CT molecular complexity index is 951. The van der Waals surface area contributed by atoms with Gasteiger partial charge < -0.3 is 4.90 Å². The van der Waals surface area contributed by atoms with Crippen LogP contribution in [-0.4, -0.2) is 32.4 Å². The number of aromatic nitrogens is 3. The van der Waals surface area contributed by atoms with Gasteiger partial charge in [0.05, 0.1) is 34.3 Å². The van der Waals surface area contributed by atoms with Gasteiger partial charge in [-0.15, -0.1) is 5.10 Å². The molecule has 0 unspecified atom stereocenters. The van der Waals surface area contributed by atoms with Crippen molar-refractivity contribution in [2.45, 2.75) is 6.42 Å². The summed E-state index contributed by atoms with van der Waals surface area (Å²) in [5.74, 6) is -0.176. The molecule has 1 aliphatic heterocycles. The van der Waals surface area contributed by atoms with Gasteiger partial charge in [0.1, 0.15) is 0 Å². The van der Waals surface area contributed by atoms with Crippen molar-refractivity contribution in [3.8, 4) is 5.69 Å². The minimum Gasteiger partial charge on any atom is -0.307 e. The van der Waals surface area contributed by atoms with Crippen molar-refractivity contribution in [3.63, 3.8) is 0 Å². The number of hydrogen-bond acceptors (Lipinski definition) is 5. The number of nitrogens with zero attached hydrogens (tertiary/aromatic N) is 5. The lowest BCUT2D eigenvalue weighted by Crippen LogP contribution is -2.28. The van der Waals surface area contributed by atoms with Crippen molar-refractivity contribution in [3.05, 3.63) is 76.1 Å². The van der Waals surface area contributed by atoms with Crippen LogP contribution in [0.3, 0.4) is 0 Å². The van der Waals surface area contributed by atoms with Gasteiger partial charge in [-0.3, -0.25) is 14.9 Å². The van der Waals surface area contributed by atoms with Gasteiger partial charge in [0, 0.05) is 18.2 Å². The Balaban J connectivity index is 1.63. The van der Waals surface area contributed by atoms with Gasteiger partial charge in [-0.25, -0.2) is 4.68 Å². The van der Waals surface area contributed by atoms with Crippen LogP contribution in [0.1, 0.15) is 15.9 Å². The molecule has 0 spiro atoms. The zero-order valence-corrected chi connectivity index (χ0v) is 13.1. The third-order valence-electron chi connectivity index (χ3n) is 4.25. The van der Waals surface area contributed by atoms with Gasteiger partial charge >= 0.3 is 0 Å². The van der Waals surface area contributed by atoms with Crippen molar-refractivity contribution >= 4 is 17.3 Å². The Labute approximate surface area is 142 Å². The maximum Gasteiger partial charge on any atom is 0.274 e. The molecular weight excluding hydrogens is 322 g/mol. The van der Waals surface area contributed by atoms with Crippen LogP contribution in [0.5, 0.6) is 0 Å². The number of nitro benzene ring substituents is 1. The normalized spacial score (nSPS) is 12.9. The number of nitro groups is 1. The van der Waals surface area contributed by atoms with Crippen LogP contribution in [0.4, 0.5) is 11.4 Å². The minimum atomic E-state index is -0.403. The molecule has 4 rings (SSSR count). The van der Waals surface area contributed by atoms with E-state index in [1.54, 1.807) is 58.4 Å². The molecule has 0 atom stereocenters. The van der Waals surface area contributed by atoms with E-state index in [1.807, 2.05) is 0 Å². The van der Waals surface area contributed by atoms with Crippen LogP contribution in [0.15, 0.2) is 54.9 Å². The first kappa shape index (κ1) is 15.0. The number of fused-ring (bicyclic) bond motifs is 1. The van der Waals surface area contributed by atoms with Gasteiger partial charge in [-0.2, -0.15) is 0 Å². The molecule has 1 amide bonds. The SMILES string of the molecule is O=C(c1ccc(-n2ccnn2)cc1)N1CCc2c1cccc2[N+](=O)[O-]. The second-order valence-corrected chi connectivity index (χ2v) is 5.63. The van der Waals surface area contributed by atoms with E-state index in [0.29, 0.717) is 29.8 Å². The fourth-order valence-electron chi connectivity index (χ4n) is 3.06. The molecule has 0 fully saturated rings. The number of rotatable bonds is 3. The van der Waals surface area contributed by atoms with E-state index in [4.69, 9.17) is 0 Å². The molecular formula is C17H13N5O3. The van der Waals surface area contributed by atoms with E-state index in [9.17, 15) is 14.9 Å². The maximum absolute atomic E-state index is 12.8. The Kier molecular flexibility index (Phi) is 3.50. The fourth-order valence-corrected chi connectivity index (χ4v) is 3.06. The molecule has 0 saturated heterocycles. The van der Waals surface area contributed by atoms with Crippen molar-refractivity contribution < 1.29 is 9.72 Å². The molecule has 8 heteroatoms. The van der Waals surface area contributed by atoms with Crippen LogP contribution in [0.25, 0.3) is 5.69 Å². The highest BCUT2D eigenvalue weighted by molar-refractivity contribution is 6.07. The Morgan fingerprint density at radius 1 is 1.16 bits per heavy atom. The fraction of sp³-hybridized carbons (Fsp3) is 0.118. The van der Waals surface area contributed by atoms with Crippen LogP contribution >= 0.6 is 0 Å². The third-order valence-corrected chi connectivity index (χ3v) is 4.25. The zero-order valence-electron chi connectivity index (χ0n) is 13.1. The molecule has 3 aromatic rings. The number of amides is 1. The smallest absolute Gasteiger partial charge is 0.274 e. The average molecular weight is 335 g/mol. The summed E-state index contributed by atoms with van der Waals surface area (Å²) in [7, 11) is 0. The first-order chi connectivity index (χ1) is 12.1. The molecule has 0 radical (unpaired) electrons. The van der Waals surface area contributed by atoms with Gasteiger partial charge in [-0.05, 0) is 36.8 Å². The van der Waals surface area contributed by atoms with Gasteiger partial charge in [0.25, 0.3) is 11.6 Å². The van der Waals surface area contributed by atoms with E-state index < -0.39 is 4.92 Å². The van der Waals surface area contributed by atoms with Crippen molar-refractivity contribution in [2.75, 3.05) is 11.4 Å². The Morgan fingerprint density at radius 3 is 2.64 bits per heavy atom. The van der Waals surface area contributed by atoms with Gasteiger partial charge in [-0.1, -0.05) is 11.3 Å². The van der Waals surface area contributed by atoms with Crippen LogP contribution < -0.4 is 4.90 Å². The predicted molar refractivity (Wildman–Crippen MR) is 89.8 cm³/mol. The molecule has 2 aromatic carbocycles. The monoisotopic (exact) mass is 335 g/mol. The van der Waals surface area contributed by atoms with Crippen LogP contribution in [0.2, 0.25) is 0 Å². The maximum atomic E-state index is 12.8. The van der Waals surface area contributed by atoms with Crippen molar-refractivity contribution in [1.82, 2.24) is 15.0 Å². The summed E-state index contributed by atoms with van der Waals surface area (Å²) in [5, 5.41) is 18.8. The molecule has 124 valence electrons. The molecule has 1 aromatic heterocycles. The lowest BCUT2D eigenvalue weighted by atomic mass is 10.1. The Hall–Kier alpha value is -3.55. The van der Waals surface area contributed by atoms with Crippen LogP contribution in [0, 0.1) is 10.1 Å².